The Morgan fingerprint density at radius 1 is 1.20 bits per heavy atom. The molecule has 0 bridgehead atoms. The van der Waals surface area contributed by atoms with Gasteiger partial charge in [-0.15, -0.1) is 0 Å². The first-order chi connectivity index (χ1) is 7.00. The van der Waals surface area contributed by atoms with Gasteiger partial charge in [0.15, 0.2) is 0 Å². The summed E-state index contributed by atoms with van der Waals surface area (Å²) in [6.07, 6.45) is 0.199. The van der Waals surface area contributed by atoms with Crippen molar-refractivity contribution in [2.45, 2.75) is 24.9 Å². The van der Waals surface area contributed by atoms with Crippen LogP contribution in [0.1, 0.15) is 35.4 Å². The van der Waals surface area contributed by atoms with Crippen molar-refractivity contribution in [3.8, 4) is 0 Å². The molecule has 1 aliphatic rings. The number of halogens is 3. The zero-order chi connectivity index (χ0) is 11.1. The summed E-state index contributed by atoms with van der Waals surface area (Å²) in [5.41, 5.74) is 0.584. The molecule has 1 aromatic rings. The van der Waals surface area contributed by atoms with Crippen molar-refractivity contribution in [3.05, 3.63) is 47.5 Å². The average Bonchev–Trinajstić information content (AvgIpc) is 2.99. The maximum Gasteiger partial charge on any atom is 0.416 e. The highest BCUT2D eigenvalue weighted by Gasteiger charge is 2.33. The van der Waals surface area contributed by atoms with Gasteiger partial charge >= 0.3 is 6.18 Å². The molecule has 1 aliphatic carbocycles. The van der Waals surface area contributed by atoms with Crippen molar-refractivity contribution >= 4 is 0 Å². The Bertz CT molecular complexity index is 386. The smallest absolute Gasteiger partial charge is 0.166 e. The molecule has 1 radical (unpaired) electrons. The molecule has 0 aromatic heterocycles. The second-order valence-electron chi connectivity index (χ2n) is 3.79. The third-order valence-electron chi connectivity index (χ3n) is 2.54. The van der Waals surface area contributed by atoms with Gasteiger partial charge in [-0.05, 0) is 48.1 Å². The molecule has 15 heavy (non-hydrogen) atoms. The van der Waals surface area contributed by atoms with Crippen molar-refractivity contribution in [2.75, 3.05) is 0 Å². The molecular weight excluding hydrogens is 201 g/mol. The Kier molecular flexibility index (Phi) is 2.33. The molecule has 0 saturated heterocycles. The van der Waals surface area contributed by atoms with E-state index in [4.69, 9.17) is 0 Å². The summed E-state index contributed by atoms with van der Waals surface area (Å²) in [6, 6.07) is 4.05. The Morgan fingerprint density at radius 3 is 2.33 bits per heavy atom. The van der Waals surface area contributed by atoms with Gasteiger partial charge in [-0.1, -0.05) is 12.6 Å². The van der Waals surface area contributed by atoms with E-state index in [1.807, 2.05) is 0 Å². The Balaban J connectivity index is 2.45. The number of hydrogen-bond donors (Lipinski definition) is 0. The van der Waals surface area contributed by atoms with E-state index in [2.05, 4.69) is 12.7 Å². The number of rotatable bonds is 2. The van der Waals surface area contributed by atoms with Crippen LogP contribution in [0, 0.1) is 6.08 Å². The lowest BCUT2D eigenvalue weighted by Crippen LogP contribution is -2.06. The van der Waals surface area contributed by atoms with Crippen LogP contribution in [0.25, 0.3) is 0 Å². The number of benzene rings is 1. The molecule has 1 saturated carbocycles. The minimum Gasteiger partial charge on any atom is -0.166 e. The SMILES string of the molecule is C=[C]c1cc(C2CC2)cc(C(F)(F)F)c1. The molecule has 0 heterocycles. The van der Waals surface area contributed by atoms with Gasteiger partial charge in [0.2, 0.25) is 0 Å². The zero-order valence-corrected chi connectivity index (χ0v) is 8.06. The van der Waals surface area contributed by atoms with Crippen LogP contribution in [0.4, 0.5) is 13.2 Å². The van der Waals surface area contributed by atoms with E-state index in [1.54, 1.807) is 6.07 Å². The maximum absolute atomic E-state index is 12.5. The third kappa shape index (κ3) is 2.22. The minimum absolute atomic E-state index is 0.305. The van der Waals surface area contributed by atoms with E-state index < -0.39 is 11.7 Å². The Morgan fingerprint density at radius 2 is 1.87 bits per heavy atom. The highest BCUT2D eigenvalue weighted by Crippen LogP contribution is 2.42. The standard InChI is InChI=1S/C12H10F3/c1-2-8-5-10(9-3-4-9)7-11(6-8)12(13,14)15/h5-7,9H,1,3-4H2. The van der Waals surface area contributed by atoms with Crippen LogP contribution in [0.15, 0.2) is 24.8 Å². The maximum atomic E-state index is 12.5. The highest BCUT2D eigenvalue weighted by atomic mass is 19.4. The summed E-state index contributed by atoms with van der Waals surface area (Å²) in [4.78, 5) is 0. The molecule has 0 spiro atoms. The van der Waals surface area contributed by atoms with Gasteiger partial charge in [-0.3, -0.25) is 0 Å². The van der Waals surface area contributed by atoms with E-state index in [9.17, 15) is 13.2 Å². The summed E-state index contributed by atoms with van der Waals surface area (Å²) < 4.78 is 37.6. The van der Waals surface area contributed by atoms with Crippen molar-refractivity contribution in [2.24, 2.45) is 0 Å². The molecule has 79 valence electrons. The van der Waals surface area contributed by atoms with Gasteiger partial charge in [0.05, 0.1) is 5.56 Å². The largest absolute Gasteiger partial charge is 0.416 e. The predicted molar refractivity (Wildman–Crippen MR) is 51.4 cm³/mol. The second-order valence-corrected chi connectivity index (χ2v) is 3.79. The first kappa shape index (κ1) is 10.3. The van der Waals surface area contributed by atoms with Gasteiger partial charge < -0.3 is 0 Å². The fourth-order valence-corrected chi connectivity index (χ4v) is 1.57. The normalized spacial score (nSPS) is 16.5. The third-order valence-corrected chi connectivity index (χ3v) is 2.54. The van der Waals surface area contributed by atoms with Crippen LogP contribution in [-0.2, 0) is 6.18 Å². The van der Waals surface area contributed by atoms with Crippen molar-refractivity contribution in [1.82, 2.24) is 0 Å². The lowest BCUT2D eigenvalue weighted by Gasteiger charge is -2.10. The molecule has 0 N–H and O–H groups in total. The van der Waals surface area contributed by atoms with Gasteiger partial charge in [-0.25, -0.2) is 0 Å². The highest BCUT2D eigenvalue weighted by molar-refractivity contribution is 5.37. The molecular formula is C12H10F3. The summed E-state index contributed by atoms with van der Waals surface area (Å²) in [6.45, 7) is 3.38. The minimum atomic E-state index is -4.28. The van der Waals surface area contributed by atoms with Gasteiger partial charge in [0.25, 0.3) is 0 Å². The molecule has 1 aromatic carbocycles. The molecule has 0 atom stereocenters. The first-order valence-corrected chi connectivity index (χ1v) is 4.76. The average molecular weight is 211 g/mol. The molecule has 0 unspecified atom stereocenters. The van der Waals surface area contributed by atoms with Crippen molar-refractivity contribution in [3.63, 3.8) is 0 Å². The summed E-state index contributed by atoms with van der Waals surface area (Å²) >= 11 is 0. The molecule has 0 nitrogen and oxygen atoms in total. The van der Waals surface area contributed by atoms with E-state index in [0.717, 1.165) is 24.5 Å². The number of hydrogen-bond acceptors (Lipinski definition) is 0. The predicted octanol–water partition coefficient (Wildman–Crippen LogP) is 3.92. The van der Waals surface area contributed by atoms with Crippen LogP contribution < -0.4 is 0 Å². The quantitative estimate of drug-likeness (QED) is 0.695. The second kappa shape index (κ2) is 3.40. The number of alkyl halides is 3. The topological polar surface area (TPSA) is 0 Å². The summed E-state index contributed by atoms with van der Waals surface area (Å²) in [5.74, 6) is 0.305. The van der Waals surface area contributed by atoms with E-state index in [0.29, 0.717) is 11.5 Å². The first-order valence-electron chi connectivity index (χ1n) is 4.76. The Labute approximate surface area is 86.4 Å². The summed E-state index contributed by atoms with van der Waals surface area (Å²) in [7, 11) is 0. The van der Waals surface area contributed by atoms with Crippen LogP contribution in [-0.4, -0.2) is 0 Å². The van der Waals surface area contributed by atoms with Crippen molar-refractivity contribution in [1.29, 1.82) is 0 Å². The molecule has 0 aliphatic heterocycles. The lowest BCUT2D eigenvalue weighted by atomic mass is 10.0. The van der Waals surface area contributed by atoms with Crippen LogP contribution in [0.3, 0.4) is 0 Å². The molecule has 1 fully saturated rings. The van der Waals surface area contributed by atoms with E-state index in [-0.39, 0.29) is 0 Å². The van der Waals surface area contributed by atoms with Crippen LogP contribution >= 0.6 is 0 Å². The van der Waals surface area contributed by atoms with Gasteiger partial charge in [-0.2, -0.15) is 13.2 Å². The van der Waals surface area contributed by atoms with Gasteiger partial charge in [0.1, 0.15) is 0 Å². The van der Waals surface area contributed by atoms with Crippen molar-refractivity contribution < 1.29 is 13.2 Å². The fourth-order valence-electron chi connectivity index (χ4n) is 1.57. The van der Waals surface area contributed by atoms with E-state index in [1.165, 1.54) is 6.07 Å². The van der Waals surface area contributed by atoms with E-state index >= 15 is 0 Å². The monoisotopic (exact) mass is 211 g/mol. The lowest BCUT2D eigenvalue weighted by molar-refractivity contribution is -0.137. The fraction of sp³-hybridized carbons (Fsp3) is 0.333. The molecule has 2 rings (SSSR count). The summed E-state index contributed by atoms with van der Waals surface area (Å²) in [5, 5.41) is 0. The zero-order valence-electron chi connectivity index (χ0n) is 8.06. The molecule has 0 amide bonds. The molecule has 3 heteroatoms. The van der Waals surface area contributed by atoms with Crippen LogP contribution in [0.5, 0.6) is 0 Å². The Hall–Kier alpha value is -1.25. The van der Waals surface area contributed by atoms with Gasteiger partial charge in [0, 0.05) is 0 Å². The van der Waals surface area contributed by atoms with Crippen LogP contribution in [0.2, 0.25) is 0 Å².